The van der Waals surface area contributed by atoms with Crippen LogP contribution >= 0.6 is 11.3 Å². The first-order chi connectivity index (χ1) is 21.2. The van der Waals surface area contributed by atoms with Crippen molar-refractivity contribution in [3.8, 4) is 5.75 Å². The molecule has 10 heteroatoms. The summed E-state index contributed by atoms with van der Waals surface area (Å²) in [6.45, 7) is 4.38. The topological polar surface area (TPSA) is 109 Å². The van der Waals surface area contributed by atoms with Gasteiger partial charge in [-0.1, -0.05) is 12.1 Å². The summed E-state index contributed by atoms with van der Waals surface area (Å²) in [6, 6.07) is 13.6. The highest BCUT2D eigenvalue weighted by atomic mass is 32.1. The number of methoxy groups -OCH3 is 1. The van der Waals surface area contributed by atoms with Crippen molar-refractivity contribution in [3.05, 3.63) is 92.4 Å². The van der Waals surface area contributed by atoms with E-state index in [9.17, 15) is 19.7 Å². The van der Waals surface area contributed by atoms with Crippen LogP contribution in [-0.4, -0.2) is 58.8 Å². The highest BCUT2D eigenvalue weighted by Crippen LogP contribution is 2.51. The SMILES string of the molecule is COCC1=C2[C@@H](CC/C(=C/c3cc(C)c(O)c(C)c3)c3ccccn3)OB(O)C[C@@H]2[C@@H]2C(=O)N(Cc3cccs3)C(=O)[C@@H]2C1. The van der Waals surface area contributed by atoms with Gasteiger partial charge in [0.05, 0.1) is 36.8 Å². The average molecular weight is 613 g/mol. The van der Waals surface area contributed by atoms with Crippen molar-refractivity contribution in [2.45, 2.75) is 52.1 Å². The van der Waals surface area contributed by atoms with Crippen molar-refractivity contribution in [1.29, 1.82) is 0 Å². The number of hydrogen-bond acceptors (Lipinski definition) is 8. The summed E-state index contributed by atoms with van der Waals surface area (Å²) in [7, 11) is 0.589. The van der Waals surface area contributed by atoms with Crippen LogP contribution in [0.25, 0.3) is 11.6 Å². The first-order valence-corrected chi connectivity index (χ1v) is 16.0. The summed E-state index contributed by atoms with van der Waals surface area (Å²) in [5.41, 5.74) is 6.37. The number of aromatic hydroxyl groups is 1. The van der Waals surface area contributed by atoms with E-state index >= 15 is 0 Å². The minimum atomic E-state index is -1.05. The number of fused-ring (bicyclic) bond motifs is 3. The number of imide groups is 1. The van der Waals surface area contributed by atoms with Gasteiger partial charge in [-0.05, 0) is 121 Å². The minimum absolute atomic E-state index is 0.140. The third-order valence-electron chi connectivity index (χ3n) is 9.14. The van der Waals surface area contributed by atoms with Crippen molar-refractivity contribution < 1.29 is 29.1 Å². The Morgan fingerprint density at radius 2 is 1.95 bits per heavy atom. The quantitative estimate of drug-likeness (QED) is 0.189. The van der Waals surface area contributed by atoms with E-state index in [2.05, 4.69) is 11.1 Å². The monoisotopic (exact) mass is 612 g/mol. The van der Waals surface area contributed by atoms with Crippen LogP contribution in [0.2, 0.25) is 6.32 Å². The van der Waals surface area contributed by atoms with Gasteiger partial charge in [-0.3, -0.25) is 19.5 Å². The number of benzene rings is 1. The fourth-order valence-electron chi connectivity index (χ4n) is 7.24. The molecule has 44 heavy (non-hydrogen) atoms. The molecule has 4 heterocycles. The standard InChI is InChI=1S/C34H37BN2O6S/c1-20-13-22(14-21(2)32(20)38)15-23(28-8-4-5-11-36-28)9-10-29-30-24(19-42-3)16-26-31(27(30)17-35(41)43-29)34(40)37(33(26)39)18-25-7-6-12-44-25/h4-8,11-15,26-27,29,31,38,41H,9-10,16-19H2,1-3H3/b23-15-/t26-,27+,29-,31-/m1/s1. The summed E-state index contributed by atoms with van der Waals surface area (Å²) in [6.07, 6.45) is 5.25. The highest BCUT2D eigenvalue weighted by molar-refractivity contribution is 7.09. The van der Waals surface area contributed by atoms with Crippen molar-refractivity contribution in [1.82, 2.24) is 9.88 Å². The molecular formula is C34H37BN2O6S. The Kier molecular flexibility index (Phi) is 8.87. The molecule has 2 aliphatic heterocycles. The molecule has 2 N–H and O–H groups in total. The lowest BCUT2D eigenvalue weighted by Crippen LogP contribution is -2.46. The largest absolute Gasteiger partial charge is 0.507 e. The van der Waals surface area contributed by atoms with Gasteiger partial charge in [-0.2, -0.15) is 0 Å². The third kappa shape index (κ3) is 5.91. The maximum absolute atomic E-state index is 13.8. The van der Waals surface area contributed by atoms with E-state index in [1.165, 1.54) is 16.2 Å². The molecule has 3 aromatic rings. The third-order valence-corrected chi connectivity index (χ3v) is 10.00. The molecule has 2 amide bonds. The number of rotatable bonds is 9. The van der Waals surface area contributed by atoms with E-state index in [0.717, 1.165) is 44.0 Å². The average Bonchev–Trinajstić information content (AvgIpc) is 3.61. The number of allylic oxidation sites excluding steroid dienone is 1. The molecule has 0 radical (unpaired) electrons. The number of aryl methyl sites for hydroxylation is 2. The lowest BCUT2D eigenvalue weighted by atomic mass is 9.58. The number of thiophene rings is 1. The Balaban J connectivity index is 1.31. The predicted octanol–water partition coefficient (Wildman–Crippen LogP) is 5.43. The van der Waals surface area contributed by atoms with E-state index in [-0.39, 0.29) is 30.6 Å². The molecule has 0 bridgehead atoms. The Morgan fingerprint density at radius 1 is 1.16 bits per heavy atom. The summed E-state index contributed by atoms with van der Waals surface area (Å²) in [5, 5.41) is 23.2. The molecule has 6 rings (SSSR count). The van der Waals surface area contributed by atoms with Gasteiger partial charge in [-0.25, -0.2) is 0 Å². The predicted molar refractivity (Wildman–Crippen MR) is 170 cm³/mol. The van der Waals surface area contributed by atoms with Gasteiger partial charge in [0.25, 0.3) is 0 Å². The second kappa shape index (κ2) is 12.8. The Hall–Kier alpha value is -3.57. The molecule has 2 fully saturated rings. The zero-order chi connectivity index (χ0) is 31.0. The fraction of sp³-hybridized carbons (Fsp3) is 0.382. The maximum Gasteiger partial charge on any atom is 0.455 e. The normalized spacial score (nSPS) is 23.8. The maximum atomic E-state index is 13.8. The van der Waals surface area contributed by atoms with Crippen LogP contribution in [0.5, 0.6) is 5.75 Å². The van der Waals surface area contributed by atoms with Crippen molar-refractivity contribution in [2.75, 3.05) is 13.7 Å². The zero-order valence-corrected chi connectivity index (χ0v) is 26.0. The van der Waals surface area contributed by atoms with Crippen molar-refractivity contribution in [3.63, 3.8) is 0 Å². The van der Waals surface area contributed by atoms with E-state index in [0.29, 0.717) is 31.6 Å². The first-order valence-electron chi connectivity index (χ1n) is 15.1. The van der Waals surface area contributed by atoms with E-state index in [1.54, 1.807) is 13.3 Å². The number of hydrogen-bond donors (Lipinski definition) is 2. The molecule has 8 nitrogen and oxygen atoms in total. The Bertz CT molecular complexity index is 1580. The Labute approximate surface area is 262 Å². The number of carbonyl (C=O) groups excluding carboxylic acids is 2. The smallest absolute Gasteiger partial charge is 0.455 e. The fourth-order valence-corrected chi connectivity index (χ4v) is 7.93. The van der Waals surface area contributed by atoms with Crippen LogP contribution in [0.15, 0.2) is 65.2 Å². The molecule has 4 atom stereocenters. The number of ether oxygens (including phenoxy) is 1. The van der Waals surface area contributed by atoms with Gasteiger partial charge in [0, 0.05) is 18.2 Å². The zero-order valence-electron chi connectivity index (χ0n) is 25.2. The van der Waals surface area contributed by atoms with Crippen LogP contribution in [-0.2, 0) is 25.5 Å². The van der Waals surface area contributed by atoms with Crippen LogP contribution in [0.1, 0.15) is 46.5 Å². The van der Waals surface area contributed by atoms with Crippen LogP contribution < -0.4 is 0 Å². The highest BCUT2D eigenvalue weighted by Gasteiger charge is 2.57. The molecule has 0 unspecified atom stereocenters. The summed E-state index contributed by atoms with van der Waals surface area (Å²) < 4.78 is 11.8. The molecule has 2 saturated heterocycles. The molecule has 0 spiro atoms. The lowest BCUT2D eigenvalue weighted by molar-refractivity contribution is -0.140. The van der Waals surface area contributed by atoms with Gasteiger partial charge < -0.3 is 19.5 Å². The number of pyridine rings is 1. The van der Waals surface area contributed by atoms with Crippen molar-refractivity contribution >= 4 is 41.9 Å². The lowest BCUT2D eigenvalue weighted by Gasteiger charge is -2.43. The molecule has 2 aromatic heterocycles. The number of phenolic OH excluding ortho intramolecular Hbond substituents is 1. The van der Waals surface area contributed by atoms with Crippen LogP contribution in [0.4, 0.5) is 0 Å². The summed E-state index contributed by atoms with van der Waals surface area (Å²) in [4.78, 5) is 34.4. The number of likely N-dealkylation sites (tertiary alicyclic amines) is 1. The van der Waals surface area contributed by atoms with Gasteiger partial charge >= 0.3 is 7.12 Å². The van der Waals surface area contributed by atoms with Crippen LogP contribution in [0.3, 0.4) is 0 Å². The number of carbonyl (C=O) groups is 2. The Morgan fingerprint density at radius 3 is 2.64 bits per heavy atom. The van der Waals surface area contributed by atoms with E-state index in [1.807, 2.05) is 61.7 Å². The summed E-state index contributed by atoms with van der Waals surface area (Å²) >= 11 is 1.53. The molecule has 228 valence electrons. The van der Waals surface area contributed by atoms with Gasteiger partial charge in [0.15, 0.2) is 0 Å². The molecule has 1 aromatic carbocycles. The number of phenols is 1. The van der Waals surface area contributed by atoms with Gasteiger partial charge in [0.2, 0.25) is 11.8 Å². The minimum Gasteiger partial charge on any atom is -0.507 e. The van der Waals surface area contributed by atoms with E-state index < -0.39 is 25.1 Å². The number of amides is 2. The van der Waals surface area contributed by atoms with Crippen molar-refractivity contribution in [2.24, 2.45) is 17.8 Å². The van der Waals surface area contributed by atoms with Crippen LogP contribution in [0, 0.1) is 31.6 Å². The number of aromatic nitrogens is 1. The molecule has 0 saturated carbocycles. The van der Waals surface area contributed by atoms with Gasteiger partial charge in [-0.15, -0.1) is 11.3 Å². The number of nitrogens with zero attached hydrogens (tertiary/aromatic N) is 2. The molecule has 1 aliphatic carbocycles. The molecular weight excluding hydrogens is 575 g/mol. The molecule has 3 aliphatic rings. The second-order valence-corrected chi connectivity index (χ2v) is 13.1. The van der Waals surface area contributed by atoms with E-state index in [4.69, 9.17) is 9.39 Å². The summed E-state index contributed by atoms with van der Waals surface area (Å²) in [5.74, 6) is -1.29. The first kappa shape index (κ1) is 30.5. The second-order valence-electron chi connectivity index (χ2n) is 12.0. The van der Waals surface area contributed by atoms with Gasteiger partial charge in [0.1, 0.15) is 5.75 Å².